The number of hydrogen-bond acceptors (Lipinski definition) is 4. The summed E-state index contributed by atoms with van der Waals surface area (Å²) in [5.41, 5.74) is 0.658. The van der Waals surface area contributed by atoms with E-state index < -0.39 is 5.97 Å². The van der Waals surface area contributed by atoms with Gasteiger partial charge < -0.3 is 14.9 Å². The lowest BCUT2D eigenvalue weighted by atomic mass is 10.1. The van der Waals surface area contributed by atoms with Crippen molar-refractivity contribution in [2.24, 2.45) is 0 Å². The Labute approximate surface area is 81.1 Å². The lowest BCUT2D eigenvalue weighted by Crippen LogP contribution is -2.15. The van der Waals surface area contributed by atoms with E-state index in [0.29, 0.717) is 11.5 Å². The molecule has 1 aliphatic heterocycles. The van der Waals surface area contributed by atoms with Gasteiger partial charge in [-0.2, -0.15) is 0 Å². The van der Waals surface area contributed by atoms with Gasteiger partial charge in [-0.1, -0.05) is 5.16 Å². The van der Waals surface area contributed by atoms with E-state index >= 15 is 0 Å². The predicted molar refractivity (Wildman–Crippen MR) is 48.2 cm³/mol. The molecule has 1 atom stereocenters. The van der Waals surface area contributed by atoms with Crippen LogP contribution in [0, 0.1) is 6.92 Å². The van der Waals surface area contributed by atoms with Crippen molar-refractivity contribution in [2.45, 2.75) is 25.8 Å². The maximum Gasteiger partial charge on any atom is 0.341 e. The van der Waals surface area contributed by atoms with E-state index in [1.54, 1.807) is 6.92 Å². The van der Waals surface area contributed by atoms with Crippen LogP contribution in [-0.4, -0.2) is 22.8 Å². The van der Waals surface area contributed by atoms with E-state index in [4.69, 9.17) is 9.63 Å². The molecule has 0 aromatic carbocycles. The zero-order valence-electron chi connectivity index (χ0n) is 7.91. The van der Waals surface area contributed by atoms with Crippen LogP contribution in [0.25, 0.3) is 0 Å². The summed E-state index contributed by atoms with van der Waals surface area (Å²) >= 11 is 0. The first-order chi connectivity index (χ1) is 6.70. The lowest BCUT2D eigenvalue weighted by molar-refractivity contribution is 0.0692. The zero-order valence-corrected chi connectivity index (χ0v) is 7.91. The maximum absolute atomic E-state index is 10.9. The van der Waals surface area contributed by atoms with Gasteiger partial charge in [0.2, 0.25) is 0 Å². The summed E-state index contributed by atoms with van der Waals surface area (Å²) in [5.74, 6) is -0.500. The second kappa shape index (κ2) is 3.42. The number of nitrogens with one attached hydrogen (secondary N) is 1. The van der Waals surface area contributed by atoms with Gasteiger partial charge in [-0.05, 0) is 26.3 Å². The van der Waals surface area contributed by atoms with Crippen molar-refractivity contribution in [3.05, 3.63) is 17.0 Å². The number of carboxylic acid groups (broad SMARTS) is 1. The van der Waals surface area contributed by atoms with E-state index in [9.17, 15) is 4.79 Å². The van der Waals surface area contributed by atoms with Crippen LogP contribution in [0.2, 0.25) is 0 Å². The first kappa shape index (κ1) is 9.21. The number of aryl methyl sites for hydroxylation is 1. The molecule has 1 aliphatic rings. The van der Waals surface area contributed by atoms with E-state index in [-0.39, 0.29) is 11.6 Å². The number of carbonyl (C=O) groups is 1. The third kappa shape index (κ3) is 1.39. The molecule has 1 aromatic heterocycles. The number of nitrogens with zero attached hydrogens (tertiary/aromatic N) is 1. The monoisotopic (exact) mass is 196 g/mol. The Kier molecular flexibility index (Phi) is 2.25. The molecular weight excluding hydrogens is 184 g/mol. The lowest BCUT2D eigenvalue weighted by Gasteiger charge is -2.05. The summed E-state index contributed by atoms with van der Waals surface area (Å²) in [4.78, 5) is 10.9. The van der Waals surface area contributed by atoms with Gasteiger partial charge in [-0.15, -0.1) is 0 Å². The number of carboxylic acids is 1. The summed E-state index contributed by atoms with van der Waals surface area (Å²) in [7, 11) is 0. The van der Waals surface area contributed by atoms with Gasteiger partial charge in [0.15, 0.2) is 5.76 Å². The molecule has 0 radical (unpaired) electrons. The average molecular weight is 196 g/mol. The Balaban J connectivity index is 2.37. The van der Waals surface area contributed by atoms with Crippen molar-refractivity contribution >= 4 is 5.97 Å². The van der Waals surface area contributed by atoms with Crippen LogP contribution < -0.4 is 5.32 Å². The van der Waals surface area contributed by atoms with E-state index in [0.717, 1.165) is 19.4 Å². The highest BCUT2D eigenvalue weighted by atomic mass is 16.5. The Morgan fingerprint density at radius 2 is 2.50 bits per heavy atom. The first-order valence-electron chi connectivity index (χ1n) is 4.63. The third-order valence-electron chi connectivity index (χ3n) is 2.48. The Morgan fingerprint density at radius 3 is 3.07 bits per heavy atom. The van der Waals surface area contributed by atoms with Crippen LogP contribution in [0.4, 0.5) is 0 Å². The minimum Gasteiger partial charge on any atom is -0.477 e. The first-order valence-corrected chi connectivity index (χ1v) is 4.63. The molecule has 0 amide bonds. The average Bonchev–Trinajstić information content (AvgIpc) is 2.70. The number of aromatic carboxylic acids is 1. The highest BCUT2D eigenvalue weighted by Crippen LogP contribution is 2.27. The van der Waals surface area contributed by atoms with E-state index in [2.05, 4.69) is 10.5 Å². The van der Waals surface area contributed by atoms with Crippen molar-refractivity contribution < 1.29 is 14.4 Å². The highest BCUT2D eigenvalue weighted by molar-refractivity contribution is 5.90. The predicted octanol–water partition coefficient (Wildman–Crippen LogP) is 1.11. The molecule has 2 N–H and O–H groups in total. The minimum absolute atomic E-state index is 0.0160. The maximum atomic E-state index is 10.9. The topological polar surface area (TPSA) is 75.4 Å². The quantitative estimate of drug-likeness (QED) is 0.740. The highest BCUT2D eigenvalue weighted by Gasteiger charge is 2.28. The molecule has 5 heteroatoms. The standard InChI is InChI=1S/C9H12N2O3/c1-5-7(9(12)13)8(14-11-5)6-3-2-4-10-6/h6,10H,2-4H2,1H3,(H,12,13). The van der Waals surface area contributed by atoms with Crippen LogP contribution >= 0.6 is 0 Å². The molecule has 0 spiro atoms. The Morgan fingerprint density at radius 1 is 1.71 bits per heavy atom. The molecule has 5 nitrogen and oxygen atoms in total. The van der Waals surface area contributed by atoms with Crippen molar-refractivity contribution in [1.29, 1.82) is 0 Å². The fourth-order valence-corrected chi connectivity index (χ4v) is 1.79. The summed E-state index contributed by atoms with van der Waals surface area (Å²) < 4.78 is 5.05. The fourth-order valence-electron chi connectivity index (χ4n) is 1.79. The summed E-state index contributed by atoms with van der Waals surface area (Å²) in [6.07, 6.45) is 1.96. The van der Waals surface area contributed by atoms with Gasteiger partial charge in [-0.25, -0.2) is 4.79 Å². The number of aromatic nitrogens is 1. The minimum atomic E-state index is -0.965. The second-order valence-electron chi connectivity index (χ2n) is 3.46. The van der Waals surface area contributed by atoms with E-state index in [1.165, 1.54) is 0 Å². The van der Waals surface area contributed by atoms with Gasteiger partial charge in [-0.3, -0.25) is 0 Å². The molecule has 14 heavy (non-hydrogen) atoms. The number of hydrogen-bond donors (Lipinski definition) is 2. The molecule has 76 valence electrons. The summed E-state index contributed by atoms with van der Waals surface area (Å²) in [6, 6.07) is 0.0160. The van der Waals surface area contributed by atoms with Gasteiger partial charge >= 0.3 is 5.97 Å². The summed E-state index contributed by atoms with van der Waals surface area (Å²) in [6.45, 7) is 2.55. The van der Waals surface area contributed by atoms with Crippen molar-refractivity contribution in [3.63, 3.8) is 0 Å². The molecule has 1 fully saturated rings. The molecule has 0 bridgehead atoms. The van der Waals surface area contributed by atoms with Crippen LogP contribution in [-0.2, 0) is 0 Å². The molecule has 1 aromatic rings. The van der Waals surface area contributed by atoms with Crippen molar-refractivity contribution in [1.82, 2.24) is 10.5 Å². The molecule has 2 rings (SSSR count). The summed E-state index contributed by atoms with van der Waals surface area (Å²) in [5, 5.41) is 15.8. The second-order valence-corrected chi connectivity index (χ2v) is 3.46. The van der Waals surface area contributed by atoms with Crippen molar-refractivity contribution in [3.8, 4) is 0 Å². The van der Waals surface area contributed by atoms with Crippen LogP contribution in [0.15, 0.2) is 4.52 Å². The van der Waals surface area contributed by atoms with Gasteiger partial charge in [0.25, 0.3) is 0 Å². The normalized spacial score (nSPS) is 21.4. The Bertz CT molecular complexity index is 353. The Hall–Kier alpha value is -1.36. The fraction of sp³-hybridized carbons (Fsp3) is 0.556. The van der Waals surface area contributed by atoms with Crippen LogP contribution in [0.3, 0.4) is 0 Å². The molecular formula is C9H12N2O3. The molecule has 0 aliphatic carbocycles. The molecule has 0 saturated carbocycles. The molecule has 1 saturated heterocycles. The number of rotatable bonds is 2. The molecule has 2 heterocycles. The van der Waals surface area contributed by atoms with E-state index in [1.807, 2.05) is 0 Å². The SMILES string of the molecule is Cc1noc(C2CCCN2)c1C(=O)O. The third-order valence-corrected chi connectivity index (χ3v) is 2.48. The smallest absolute Gasteiger partial charge is 0.341 e. The van der Waals surface area contributed by atoms with Crippen LogP contribution in [0.5, 0.6) is 0 Å². The van der Waals surface area contributed by atoms with Gasteiger partial charge in [0.05, 0.1) is 11.7 Å². The largest absolute Gasteiger partial charge is 0.477 e. The van der Waals surface area contributed by atoms with Crippen LogP contribution in [0.1, 0.15) is 40.7 Å². The zero-order chi connectivity index (χ0) is 10.1. The van der Waals surface area contributed by atoms with Gasteiger partial charge in [0, 0.05) is 0 Å². The van der Waals surface area contributed by atoms with Gasteiger partial charge in [0.1, 0.15) is 5.56 Å². The van der Waals surface area contributed by atoms with Crippen molar-refractivity contribution in [2.75, 3.05) is 6.54 Å². The molecule has 1 unspecified atom stereocenters.